The second-order valence-corrected chi connectivity index (χ2v) is 4.29. The number of hydrogen-bond acceptors (Lipinski definition) is 0. The molecule has 0 heterocycles. The first-order valence-electron chi connectivity index (χ1n) is 7.44. The van der Waals surface area contributed by atoms with E-state index >= 15 is 0 Å². The fraction of sp³-hybridized carbons (Fsp3) is 0.556. The van der Waals surface area contributed by atoms with Gasteiger partial charge < -0.3 is 0 Å². The lowest BCUT2D eigenvalue weighted by Gasteiger charge is -1.86. The molecule has 0 saturated carbocycles. The monoisotopic (exact) mass is 248 g/mol. The molecule has 0 amide bonds. The minimum absolute atomic E-state index is 1.18. The SMILES string of the molecule is C=CCCCC.CCCCCC.c1ccccc1. The summed E-state index contributed by atoms with van der Waals surface area (Å²) in [7, 11) is 0. The Balaban J connectivity index is 0. The Morgan fingerprint density at radius 3 is 1.17 bits per heavy atom. The molecule has 0 unspecified atom stereocenters. The molecule has 0 spiro atoms. The zero-order valence-corrected chi connectivity index (χ0v) is 12.7. The van der Waals surface area contributed by atoms with Crippen molar-refractivity contribution in [2.45, 2.75) is 65.7 Å². The van der Waals surface area contributed by atoms with Crippen molar-refractivity contribution in [2.75, 3.05) is 0 Å². The van der Waals surface area contributed by atoms with Gasteiger partial charge in [-0.2, -0.15) is 0 Å². The Hall–Kier alpha value is -1.04. The van der Waals surface area contributed by atoms with E-state index in [1.54, 1.807) is 0 Å². The summed E-state index contributed by atoms with van der Waals surface area (Å²) in [5, 5.41) is 0. The van der Waals surface area contributed by atoms with E-state index in [1.807, 2.05) is 42.5 Å². The van der Waals surface area contributed by atoms with Crippen LogP contribution in [0.1, 0.15) is 65.7 Å². The molecule has 0 aliphatic heterocycles. The predicted molar refractivity (Wildman–Crippen MR) is 86.0 cm³/mol. The van der Waals surface area contributed by atoms with Gasteiger partial charge in [-0.05, 0) is 6.42 Å². The van der Waals surface area contributed by atoms with E-state index in [9.17, 15) is 0 Å². The topological polar surface area (TPSA) is 0 Å². The highest BCUT2D eigenvalue weighted by Gasteiger charge is 1.75. The van der Waals surface area contributed by atoms with E-state index in [2.05, 4.69) is 27.4 Å². The predicted octanol–water partition coefficient (Wildman–Crippen LogP) is 6.64. The van der Waals surface area contributed by atoms with Crippen molar-refractivity contribution < 1.29 is 0 Å². The molecule has 1 aromatic rings. The van der Waals surface area contributed by atoms with Gasteiger partial charge in [0.15, 0.2) is 0 Å². The highest BCUT2D eigenvalue weighted by molar-refractivity contribution is 4.99. The van der Waals surface area contributed by atoms with Crippen LogP contribution in [0.25, 0.3) is 0 Å². The van der Waals surface area contributed by atoms with E-state index in [1.165, 1.54) is 44.9 Å². The van der Waals surface area contributed by atoms with Gasteiger partial charge in [0, 0.05) is 0 Å². The Bertz CT molecular complexity index is 182. The molecule has 0 heteroatoms. The third-order valence-corrected chi connectivity index (χ3v) is 2.39. The first-order chi connectivity index (χ1) is 8.83. The summed E-state index contributed by atoms with van der Waals surface area (Å²) in [4.78, 5) is 0. The molecule has 0 aromatic heterocycles. The summed E-state index contributed by atoms with van der Waals surface area (Å²) in [6.07, 6.45) is 11.3. The van der Waals surface area contributed by atoms with Crippen molar-refractivity contribution in [1.29, 1.82) is 0 Å². The average Bonchev–Trinajstić information content (AvgIpc) is 2.46. The van der Waals surface area contributed by atoms with Crippen molar-refractivity contribution in [3.8, 4) is 0 Å². The molecule has 0 N–H and O–H groups in total. The highest BCUT2D eigenvalue weighted by atomic mass is 13.8. The molecule has 0 aliphatic rings. The molecule has 1 aromatic carbocycles. The zero-order valence-electron chi connectivity index (χ0n) is 12.7. The van der Waals surface area contributed by atoms with Crippen LogP contribution < -0.4 is 0 Å². The third kappa shape index (κ3) is 24.3. The highest BCUT2D eigenvalue weighted by Crippen LogP contribution is 1.95. The van der Waals surface area contributed by atoms with Crippen molar-refractivity contribution in [3.63, 3.8) is 0 Å². The maximum atomic E-state index is 3.60. The summed E-state index contributed by atoms with van der Waals surface area (Å²) in [5.74, 6) is 0. The van der Waals surface area contributed by atoms with Crippen LogP contribution in [0.5, 0.6) is 0 Å². The zero-order chi connectivity index (χ0) is 13.9. The summed E-state index contributed by atoms with van der Waals surface area (Å²) in [6.45, 7) is 10.2. The summed E-state index contributed by atoms with van der Waals surface area (Å²) < 4.78 is 0. The molecular weight excluding hydrogens is 216 g/mol. The Morgan fingerprint density at radius 1 is 0.667 bits per heavy atom. The molecule has 0 radical (unpaired) electrons. The fourth-order valence-electron chi connectivity index (χ4n) is 1.23. The minimum atomic E-state index is 1.18. The lowest BCUT2D eigenvalue weighted by molar-refractivity contribution is 0.702. The molecule has 0 aliphatic carbocycles. The Kier molecular flexibility index (Phi) is 22.8. The first-order valence-corrected chi connectivity index (χ1v) is 7.44. The quantitative estimate of drug-likeness (QED) is 0.391. The van der Waals surface area contributed by atoms with Crippen LogP contribution in [-0.2, 0) is 0 Å². The summed E-state index contributed by atoms with van der Waals surface area (Å²) in [6, 6.07) is 12.0. The number of unbranched alkanes of at least 4 members (excludes halogenated alkanes) is 5. The fourth-order valence-corrected chi connectivity index (χ4v) is 1.23. The van der Waals surface area contributed by atoms with Crippen LogP contribution in [0, 0.1) is 0 Å². The van der Waals surface area contributed by atoms with Gasteiger partial charge in [-0.25, -0.2) is 0 Å². The van der Waals surface area contributed by atoms with Gasteiger partial charge in [-0.3, -0.25) is 0 Å². The smallest absolute Gasteiger partial charge is 0.0354 e. The van der Waals surface area contributed by atoms with E-state index in [0.717, 1.165) is 0 Å². The van der Waals surface area contributed by atoms with E-state index in [0.29, 0.717) is 0 Å². The Morgan fingerprint density at radius 2 is 1.00 bits per heavy atom. The second kappa shape index (κ2) is 21.3. The van der Waals surface area contributed by atoms with E-state index in [4.69, 9.17) is 0 Å². The number of allylic oxidation sites excluding steroid dienone is 1. The maximum Gasteiger partial charge on any atom is -0.0354 e. The maximum absolute atomic E-state index is 3.60. The van der Waals surface area contributed by atoms with Crippen LogP contribution in [0.4, 0.5) is 0 Å². The van der Waals surface area contributed by atoms with Crippen molar-refractivity contribution in [1.82, 2.24) is 0 Å². The van der Waals surface area contributed by atoms with Crippen LogP contribution in [0.15, 0.2) is 49.1 Å². The van der Waals surface area contributed by atoms with Gasteiger partial charge in [0.25, 0.3) is 0 Å². The van der Waals surface area contributed by atoms with Crippen LogP contribution in [0.2, 0.25) is 0 Å². The van der Waals surface area contributed by atoms with Crippen LogP contribution >= 0.6 is 0 Å². The molecule has 18 heavy (non-hydrogen) atoms. The normalized spacial score (nSPS) is 8.39. The molecule has 0 fully saturated rings. The summed E-state index contributed by atoms with van der Waals surface area (Å²) in [5.41, 5.74) is 0. The molecule has 0 saturated heterocycles. The van der Waals surface area contributed by atoms with Gasteiger partial charge >= 0.3 is 0 Å². The van der Waals surface area contributed by atoms with Crippen LogP contribution in [0.3, 0.4) is 0 Å². The average molecular weight is 248 g/mol. The molecule has 0 nitrogen and oxygen atoms in total. The Labute approximate surface area is 115 Å². The lowest BCUT2D eigenvalue weighted by Crippen LogP contribution is -1.66. The third-order valence-electron chi connectivity index (χ3n) is 2.39. The van der Waals surface area contributed by atoms with Crippen LogP contribution in [-0.4, -0.2) is 0 Å². The number of hydrogen-bond donors (Lipinski definition) is 0. The molecule has 1 rings (SSSR count). The molecule has 0 atom stereocenters. The molecule has 104 valence electrons. The first kappa shape index (κ1) is 19.3. The van der Waals surface area contributed by atoms with E-state index in [-0.39, 0.29) is 0 Å². The summed E-state index contributed by atoms with van der Waals surface area (Å²) >= 11 is 0. The minimum Gasteiger partial charge on any atom is -0.103 e. The van der Waals surface area contributed by atoms with Gasteiger partial charge in [0.1, 0.15) is 0 Å². The van der Waals surface area contributed by atoms with Gasteiger partial charge in [0.2, 0.25) is 0 Å². The van der Waals surface area contributed by atoms with E-state index < -0.39 is 0 Å². The molecular formula is C18H32. The standard InChI is InChI=1S/C6H6.C6H14.C6H12/c1-2-4-6-5-3-1;2*1-3-5-6-4-2/h1-6H;3-6H2,1-2H3;3H,1,4-6H2,2H3. The largest absolute Gasteiger partial charge is 0.103 e. The number of rotatable bonds is 6. The van der Waals surface area contributed by atoms with Crippen molar-refractivity contribution in [3.05, 3.63) is 49.1 Å². The van der Waals surface area contributed by atoms with Crippen molar-refractivity contribution in [2.24, 2.45) is 0 Å². The van der Waals surface area contributed by atoms with Gasteiger partial charge in [-0.15, -0.1) is 6.58 Å². The molecule has 0 bridgehead atoms. The number of benzene rings is 1. The lowest BCUT2D eigenvalue weighted by atomic mass is 10.2. The van der Waals surface area contributed by atoms with Gasteiger partial charge in [-0.1, -0.05) is 102 Å². The van der Waals surface area contributed by atoms with Gasteiger partial charge in [0.05, 0.1) is 0 Å². The van der Waals surface area contributed by atoms with Crippen molar-refractivity contribution >= 4 is 0 Å². The second-order valence-electron chi connectivity index (χ2n) is 4.29.